The number of esters is 2. The Kier molecular flexibility index (Phi) is 4.22. The molecule has 7 nitrogen and oxygen atoms in total. The van der Waals surface area contributed by atoms with Gasteiger partial charge < -0.3 is 19.7 Å². The zero-order valence-electron chi connectivity index (χ0n) is 15.3. The SMILES string of the molecule is CC1(C)OC(=O)C(=CNc2ccc(N3CCCC3)c3ncccc23)C(=O)O1. The van der Waals surface area contributed by atoms with Crippen LogP contribution in [0.2, 0.25) is 0 Å². The maximum atomic E-state index is 12.1. The number of ether oxygens (including phenoxy) is 2. The highest BCUT2D eigenvalue weighted by atomic mass is 16.7. The number of hydrogen-bond donors (Lipinski definition) is 1. The maximum absolute atomic E-state index is 12.1. The van der Waals surface area contributed by atoms with Crippen LogP contribution >= 0.6 is 0 Å². The average Bonchev–Trinajstić information content (AvgIpc) is 3.14. The molecule has 0 spiro atoms. The summed E-state index contributed by atoms with van der Waals surface area (Å²) in [4.78, 5) is 31.0. The van der Waals surface area contributed by atoms with Crippen molar-refractivity contribution in [2.45, 2.75) is 32.5 Å². The van der Waals surface area contributed by atoms with Gasteiger partial charge in [0.25, 0.3) is 5.79 Å². The highest BCUT2D eigenvalue weighted by Gasteiger charge is 2.39. The molecule has 0 aliphatic carbocycles. The van der Waals surface area contributed by atoms with Crippen LogP contribution in [-0.2, 0) is 19.1 Å². The number of nitrogens with zero attached hydrogens (tertiary/aromatic N) is 2. The van der Waals surface area contributed by atoms with Crippen LogP contribution in [0, 0.1) is 0 Å². The number of cyclic esters (lactones) is 2. The second-order valence-corrected chi connectivity index (χ2v) is 7.11. The standard InChI is InChI=1S/C20H21N3O4/c1-20(2)26-18(24)14(19(25)27-20)12-22-15-7-8-16(23-10-3-4-11-23)17-13(15)6-5-9-21-17/h5-9,12,22H,3-4,10-11H2,1-2H3. The number of nitrogens with one attached hydrogen (secondary N) is 1. The average molecular weight is 367 g/mol. The van der Waals surface area contributed by atoms with Crippen LogP contribution in [-0.4, -0.2) is 35.8 Å². The van der Waals surface area contributed by atoms with Gasteiger partial charge in [-0.25, -0.2) is 9.59 Å². The van der Waals surface area contributed by atoms with Gasteiger partial charge in [-0.1, -0.05) is 0 Å². The smallest absolute Gasteiger partial charge is 0.350 e. The summed E-state index contributed by atoms with van der Waals surface area (Å²) >= 11 is 0. The van der Waals surface area contributed by atoms with Crippen LogP contribution < -0.4 is 10.2 Å². The fraction of sp³-hybridized carbons (Fsp3) is 0.350. The van der Waals surface area contributed by atoms with Crippen LogP contribution in [0.15, 0.2) is 42.2 Å². The quantitative estimate of drug-likeness (QED) is 0.507. The Labute approximate surface area is 157 Å². The van der Waals surface area contributed by atoms with Gasteiger partial charge in [-0.15, -0.1) is 0 Å². The lowest BCUT2D eigenvalue weighted by Crippen LogP contribution is -2.42. The molecule has 0 bridgehead atoms. The molecule has 0 radical (unpaired) electrons. The summed E-state index contributed by atoms with van der Waals surface area (Å²) < 4.78 is 10.2. The summed E-state index contributed by atoms with van der Waals surface area (Å²) in [6.07, 6.45) is 5.46. The van der Waals surface area contributed by atoms with E-state index >= 15 is 0 Å². The number of aromatic nitrogens is 1. The van der Waals surface area contributed by atoms with Crippen molar-refractivity contribution < 1.29 is 19.1 Å². The number of pyridine rings is 1. The summed E-state index contributed by atoms with van der Waals surface area (Å²) in [6.45, 7) is 5.08. The van der Waals surface area contributed by atoms with Gasteiger partial charge in [0.05, 0.1) is 11.2 Å². The lowest BCUT2D eigenvalue weighted by atomic mass is 10.1. The maximum Gasteiger partial charge on any atom is 0.350 e. The van der Waals surface area contributed by atoms with E-state index < -0.39 is 17.7 Å². The molecule has 1 aromatic heterocycles. The lowest BCUT2D eigenvalue weighted by Gasteiger charge is -2.29. The molecule has 0 atom stereocenters. The van der Waals surface area contributed by atoms with Crippen molar-refractivity contribution in [3.8, 4) is 0 Å². The highest BCUT2D eigenvalue weighted by Crippen LogP contribution is 2.33. The zero-order chi connectivity index (χ0) is 19.0. The second kappa shape index (κ2) is 6.57. The molecular weight excluding hydrogens is 346 g/mol. The van der Waals surface area contributed by atoms with Crippen LogP contribution in [0.4, 0.5) is 11.4 Å². The molecule has 27 heavy (non-hydrogen) atoms. The Morgan fingerprint density at radius 3 is 2.52 bits per heavy atom. The summed E-state index contributed by atoms with van der Waals surface area (Å²) in [7, 11) is 0. The van der Waals surface area contributed by atoms with Gasteiger partial charge in [0.1, 0.15) is 0 Å². The van der Waals surface area contributed by atoms with Gasteiger partial charge in [0.15, 0.2) is 5.57 Å². The number of rotatable bonds is 3. The monoisotopic (exact) mass is 367 g/mol. The van der Waals surface area contributed by atoms with Crippen molar-refractivity contribution in [3.05, 3.63) is 42.2 Å². The van der Waals surface area contributed by atoms with E-state index in [0.717, 1.165) is 35.4 Å². The van der Waals surface area contributed by atoms with Crippen molar-refractivity contribution >= 4 is 34.2 Å². The Bertz CT molecular complexity index is 923. The van der Waals surface area contributed by atoms with Gasteiger partial charge in [0, 0.05) is 50.4 Å². The molecule has 140 valence electrons. The molecule has 1 N–H and O–H groups in total. The van der Waals surface area contributed by atoms with Gasteiger partial charge in [-0.05, 0) is 37.1 Å². The molecule has 0 amide bonds. The Morgan fingerprint density at radius 1 is 1.11 bits per heavy atom. The number of anilines is 2. The number of carbonyl (C=O) groups is 2. The van der Waals surface area contributed by atoms with E-state index in [-0.39, 0.29) is 5.57 Å². The number of hydrogen-bond acceptors (Lipinski definition) is 7. The van der Waals surface area contributed by atoms with Crippen LogP contribution in [0.5, 0.6) is 0 Å². The third-order valence-electron chi connectivity index (χ3n) is 4.68. The van der Waals surface area contributed by atoms with Gasteiger partial charge in [-0.3, -0.25) is 4.98 Å². The third kappa shape index (κ3) is 3.32. The first-order valence-electron chi connectivity index (χ1n) is 9.01. The number of carbonyl (C=O) groups excluding carboxylic acids is 2. The van der Waals surface area contributed by atoms with Gasteiger partial charge in [-0.2, -0.15) is 0 Å². The number of benzene rings is 1. The predicted molar refractivity (Wildman–Crippen MR) is 101 cm³/mol. The third-order valence-corrected chi connectivity index (χ3v) is 4.68. The molecule has 3 heterocycles. The van der Waals surface area contributed by atoms with E-state index in [1.54, 1.807) is 6.20 Å². The Hall–Kier alpha value is -3.09. The van der Waals surface area contributed by atoms with Crippen molar-refractivity contribution in [2.24, 2.45) is 0 Å². The van der Waals surface area contributed by atoms with Crippen molar-refractivity contribution in [3.63, 3.8) is 0 Å². The molecular formula is C20H21N3O4. The molecule has 0 unspecified atom stereocenters. The van der Waals surface area contributed by atoms with Gasteiger partial charge in [0.2, 0.25) is 0 Å². The first-order chi connectivity index (χ1) is 12.9. The molecule has 2 aliphatic heterocycles. The van der Waals surface area contributed by atoms with Crippen molar-refractivity contribution in [1.29, 1.82) is 0 Å². The predicted octanol–water partition coefficient (Wildman–Crippen LogP) is 2.97. The van der Waals surface area contributed by atoms with Crippen molar-refractivity contribution in [1.82, 2.24) is 4.98 Å². The topological polar surface area (TPSA) is 80.8 Å². The second-order valence-electron chi connectivity index (χ2n) is 7.11. The minimum Gasteiger partial charge on any atom is -0.419 e. The summed E-state index contributed by atoms with van der Waals surface area (Å²) in [5.74, 6) is -2.67. The first-order valence-corrected chi connectivity index (χ1v) is 9.01. The Morgan fingerprint density at radius 2 is 1.81 bits per heavy atom. The van der Waals surface area contributed by atoms with Crippen LogP contribution in [0.1, 0.15) is 26.7 Å². The molecule has 1 aromatic carbocycles. The fourth-order valence-corrected chi connectivity index (χ4v) is 3.43. The summed E-state index contributed by atoms with van der Waals surface area (Å²) in [5, 5.41) is 3.95. The van der Waals surface area contributed by atoms with Crippen molar-refractivity contribution in [2.75, 3.05) is 23.3 Å². The van der Waals surface area contributed by atoms with E-state index in [9.17, 15) is 9.59 Å². The van der Waals surface area contributed by atoms with E-state index in [0.29, 0.717) is 0 Å². The first kappa shape index (κ1) is 17.3. The van der Waals surface area contributed by atoms with Gasteiger partial charge >= 0.3 is 11.9 Å². The highest BCUT2D eigenvalue weighted by molar-refractivity contribution is 6.15. The molecule has 2 saturated heterocycles. The van der Waals surface area contributed by atoms with E-state index in [2.05, 4.69) is 15.2 Å². The molecule has 2 fully saturated rings. The minimum atomic E-state index is -1.25. The lowest BCUT2D eigenvalue weighted by molar-refractivity contribution is -0.222. The zero-order valence-corrected chi connectivity index (χ0v) is 15.3. The van der Waals surface area contributed by atoms with E-state index in [1.165, 1.54) is 32.9 Å². The van der Waals surface area contributed by atoms with E-state index in [1.807, 2.05) is 24.3 Å². The largest absolute Gasteiger partial charge is 0.419 e. The molecule has 2 aromatic rings. The fourth-order valence-electron chi connectivity index (χ4n) is 3.43. The van der Waals surface area contributed by atoms with Crippen LogP contribution in [0.25, 0.3) is 10.9 Å². The normalized spacial score (nSPS) is 19.0. The summed E-state index contributed by atoms with van der Waals surface area (Å²) in [5.41, 5.74) is 2.56. The summed E-state index contributed by atoms with van der Waals surface area (Å²) in [6, 6.07) is 7.77. The molecule has 0 saturated carbocycles. The Balaban J connectivity index is 1.66. The van der Waals surface area contributed by atoms with Crippen LogP contribution in [0.3, 0.4) is 0 Å². The van der Waals surface area contributed by atoms with E-state index in [4.69, 9.17) is 9.47 Å². The molecule has 4 rings (SSSR count). The number of fused-ring (bicyclic) bond motifs is 1. The molecule has 7 heteroatoms. The molecule has 2 aliphatic rings. The minimum absolute atomic E-state index is 0.171.